The minimum absolute atomic E-state index is 0.0613. The van der Waals surface area contributed by atoms with Crippen LogP contribution in [-0.4, -0.2) is 50.2 Å². The number of ether oxygens (including phenoxy) is 2. The van der Waals surface area contributed by atoms with Crippen molar-refractivity contribution >= 4 is 11.6 Å². The van der Waals surface area contributed by atoms with Crippen molar-refractivity contribution in [2.75, 3.05) is 44.3 Å². The van der Waals surface area contributed by atoms with E-state index >= 15 is 0 Å². The Bertz CT molecular complexity index is 823. The molecule has 0 radical (unpaired) electrons. The van der Waals surface area contributed by atoms with Crippen molar-refractivity contribution in [3.8, 4) is 17.6 Å². The first-order chi connectivity index (χ1) is 13.2. The van der Waals surface area contributed by atoms with E-state index in [2.05, 4.69) is 11.0 Å². The standard InChI is InChI=1S/C21H23N3O3/c1-2-26-20-10-6-4-8-18(20)23-11-13-24(14-12-23)21(25)16-27-19-9-5-3-7-17(19)15-22/h3-10H,2,11-14,16H2,1H3. The van der Waals surface area contributed by atoms with Crippen LogP contribution in [-0.2, 0) is 4.79 Å². The second kappa shape index (κ2) is 8.95. The Labute approximate surface area is 159 Å². The van der Waals surface area contributed by atoms with Crippen LogP contribution in [0, 0.1) is 11.3 Å². The van der Waals surface area contributed by atoms with Crippen LogP contribution in [0.15, 0.2) is 48.5 Å². The molecule has 27 heavy (non-hydrogen) atoms. The second-order valence-electron chi connectivity index (χ2n) is 6.17. The average molecular weight is 365 g/mol. The predicted molar refractivity (Wildman–Crippen MR) is 103 cm³/mol. The third kappa shape index (κ3) is 4.50. The van der Waals surface area contributed by atoms with Gasteiger partial charge in [0.1, 0.15) is 17.6 Å². The van der Waals surface area contributed by atoms with E-state index in [0.717, 1.165) is 24.5 Å². The maximum absolute atomic E-state index is 12.5. The first-order valence-electron chi connectivity index (χ1n) is 9.09. The van der Waals surface area contributed by atoms with Gasteiger partial charge in [0.05, 0.1) is 17.9 Å². The van der Waals surface area contributed by atoms with Crippen LogP contribution < -0.4 is 14.4 Å². The van der Waals surface area contributed by atoms with Gasteiger partial charge in [-0.2, -0.15) is 5.26 Å². The Morgan fingerprint density at radius 1 is 1.00 bits per heavy atom. The lowest BCUT2D eigenvalue weighted by molar-refractivity contribution is -0.133. The predicted octanol–water partition coefficient (Wildman–Crippen LogP) is 2.68. The molecule has 1 aliphatic heterocycles. The number of hydrogen-bond donors (Lipinski definition) is 0. The van der Waals surface area contributed by atoms with Crippen molar-refractivity contribution in [3.05, 3.63) is 54.1 Å². The number of hydrogen-bond acceptors (Lipinski definition) is 5. The highest BCUT2D eigenvalue weighted by atomic mass is 16.5. The fraction of sp³-hybridized carbons (Fsp3) is 0.333. The number of piperazine rings is 1. The number of para-hydroxylation sites is 3. The molecule has 1 heterocycles. The minimum atomic E-state index is -0.0690. The summed E-state index contributed by atoms with van der Waals surface area (Å²) in [5, 5.41) is 9.09. The Hall–Kier alpha value is -3.20. The molecule has 0 aromatic heterocycles. The summed E-state index contributed by atoms with van der Waals surface area (Å²) in [6.45, 7) is 5.27. The number of nitrogens with zero attached hydrogens (tertiary/aromatic N) is 3. The maximum Gasteiger partial charge on any atom is 0.260 e. The molecule has 1 amide bonds. The molecule has 0 unspecified atom stereocenters. The molecule has 0 aliphatic carbocycles. The average Bonchev–Trinajstić information content (AvgIpc) is 2.73. The molecule has 6 heteroatoms. The molecule has 2 aromatic carbocycles. The molecule has 0 saturated carbocycles. The van der Waals surface area contributed by atoms with E-state index in [0.29, 0.717) is 31.0 Å². The third-order valence-corrected chi connectivity index (χ3v) is 4.50. The smallest absolute Gasteiger partial charge is 0.260 e. The molecule has 1 fully saturated rings. The van der Waals surface area contributed by atoms with Crippen molar-refractivity contribution in [1.29, 1.82) is 5.26 Å². The SMILES string of the molecule is CCOc1ccccc1N1CCN(C(=O)COc2ccccc2C#N)CC1. The second-order valence-corrected chi connectivity index (χ2v) is 6.17. The van der Waals surface area contributed by atoms with Gasteiger partial charge >= 0.3 is 0 Å². The number of carbonyl (C=O) groups excluding carboxylic acids is 1. The van der Waals surface area contributed by atoms with Crippen molar-refractivity contribution < 1.29 is 14.3 Å². The highest BCUT2D eigenvalue weighted by Crippen LogP contribution is 2.28. The molecular formula is C21H23N3O3. The zero-order chi connectivity index (χ0) is 19.1. The first kappa shape index (κ1) is 18.6. The van der Waals surface area contributed by atoms with Crippen LogP contribution >= 0.6 is 0 Å². The molecular weight excluding hydrogens is 342 g/mol. The molecule has 0 bridgehead atoms. The first-order valence-corrected chi connectivity index (χ1v) is 9.09. The maximum atomic E-state index is 12.5. The summed E-state index contributed by atoms with van der Waals surface area (Å²) in [7, 11) is 0. The van der Waals surface area contributed by atoms with Crippen LogP contribution in [0.5, 0.6) is 11.5 Å². The lowest BCUT2D eigenvalue weighted by atomic mass is 10.2. The summed E-state index contributed by atoms with van der Waals surface area (Å²) in [5.41, 5.74) is 1.49. The molecule has 140 valence electrons. The Kier molecular flexibility index (Phi) is 6.16. The summed E-state index contributed by atoms with van der Waals surface area (Å²) < 4.78 is 11.3. The molecule has 0 N–H and O–H groups in total. The molecule has 3 rings (SSSR count). The molecule has 1 aliphatic rings. The van der Waals surface area contributed by atoms with E-state index in [4.69, 9.17) is 14.7 Å². The fourth-order valence-corrected chi connectivity index (χ4v) is 3.11. The summed E-state index contributed by atoms with van der Waals surface area (Å²) in [6, 6.07) is 17.0. The Balaban J connectivity index is 1.55. The van der Waals surface area contributed by atoms with Gasteiger partial charge in [-0.1, -0.05) is 24.3 Å². The molecule has 1 saturated heterocycles. The topological polar surface area (TPSA) is 65.8 Å². The van der Waals surface area contributed by atoms with Gasteiger partial charge in [-0.25, -0.2) is 0 Å². The van der Waals surface area contributed by atoms with E-state index in [1.54, 1.807) is 29.2 Å². The number of rotatable bonds is 6. The van der Waals surface area contributed by atoms with Crippen molar-refractivity contribution in [3.63, 3.8) is 0 Å². The largest absolute Gasteiger partial charge is 0.492 e. The van der Waals surface area contributed by atoms with Gasteiger partial charge < -0.3 is 19.3 Å². The van der Waals surface area contributed by atoms with Crippen LogP contribution in [0.3, 0.4) is 0 Å². The highest BCUT2D eigenvalue weighted by molar-refractivity contribution is 5.78. The number of carbonyl (C=O) groups is 1. The van der Waals surface area contributed by atoms with E-state index < -0.39 is 0 Å². The summed E-state index contributed by atoms with van der Waals surface area (Å²) in [5.74, 6) is 1.24. The third-order valence-electron chi connectivity index (χ3n) is 4.50. The normalized spacial score (nSPS) is 13.8. The van der Waals surface area contributed by atoms with Gasteiger partial charge in [-0.05, 0) is 31.2 Å². The van der Waals surface area contributed by atoms with Crippen molar-refractivity contribution in [2.45, 2.75) is 6.92 Å². The molecule has 0 spiro atoms. The lowest BCUT2D eigenvalue weighted by Gasteiger charge is -2.36. The van der Waals surface area contributed by atoms with Gasteiger partial charge in [-0.3, -0.25) is 4.79 Å². The fourth-order valence-electron chi connectivity index (χ4n) is 3.11. The summed E-state index contributed by atoms with van der Waals surface area (Å²) in [6.07, 6.45) is 0. The van der Waals surface area contributed by atoms with E-state index in [9.17, 15) is 4.79 Å². The zero-order valence-corrected chi connectivity index (χ0v) is 15.4. The van der Waals surface area contributed by atoms with Gasteiger partial charge in [0.25, 0.3) is 5.91 Å². The van der Waals surface area contributed by atoms with Crippen LogP contribution in [0.2, 0.25) is 0 Å². The minimum Gasteiger partial charge on any atom is -0.492 e. The molecule has 2 aromatic rings. The Morgan fingerprint density at radius 2 is 1.67 bits per heavy atom. The highest BCUT2D eigenvalue weighted by Gasteiger charge is 2.23. The summed E-state index contributed by atoms with van der Waals surface area (Å²) in [4.78, 5) is 16.5. The van der Waals surface area contributed by atoms with Crippen LogP contribution in [0.25, 0.3) is 0 Å². The van der Waals surface area contributed by atoms with E-state index in [-0.39, 0.29) is 12.5 Å². The van der Waals surface area contributed by atoms with E-state index in [1.165, 1.54) is 0 Å². The van der Waals surface area contributed by atoms with Gasteiger partial charge in [0, 0.05) is 26.2 Å². The number of benzene rings is 2. The molecule has 0 atom stereocenters. The number of nitriles is 1. The van der Waals surface area contributed by atoms with Gasteiger partial charge in [-0.15, -0.1) is 0 Å². The van der Waals surface area contributed by atoms with Crippen molar-refractivity contribution in [2.24, 2.45) is 0 Å². The van der Waals surface area contributed by atoms with Crippen LogP contribution in [0.1, 0.15) is 12.5 Å². The lowest BCUT2D eigenvalue weighted by Crippen LogP contribution is -2.50. The van der Waals surface area contributed by atoms with Crippen LogP contribution in [0.4, 0.5) is 5.69 Å². The van der Waals surface area contributed by atoms with E-state index in [1.807, 2.05) is 31.2 Å². The van der Waals surface area contributed by atoms with Gasteiger partial charge in [0.2, 0.25) is 0 Å². The summed E-state index contributed by atoms with van der Waals surface area (Å²) >= 11 is 0. The van der Waals surface area contributed by atoms with Crippen molar-refractivity contribution in [1.82, 2.24) is 4.90 Å². The quantitative estimate of drug-likeness (QED) is 0.787. The number of anilines is 1. The Morgan fingerprint density at radius 3 is 2.37 bits per heavy atom. The van der Waals surface area contributed by atoms with Gasteiger partial charge in [0.15, 0.2) is 6.61 Å². The molecule has 6 nitrogen and oxygen atoms in total. The number of amides is 1. The zero-order valence-electron chi connectivity index (χ0n) is 15.4. The monoisotopic (exact) mass is 365 g/mol.